The van der Waals surface area contributed by atoms with Gasteiger partial charge >= 0.3 is 0 Å². The van der Waals surface area contributed by atoms with E-state index in [4.69, 9.17) is 16.3 Å². The van der Waals surface area contributed by atoms with Gasteiger partial charge in [-0.05, 0) is 49.3 Å². The summed E-state index contributed by atoms with van der Waals surface area (Å²) in [6, 6.07) is 8.55. The molecule has 1 aliphatic rings. The van der Waals surface area contributed by atoms with Crippen LogP contribution in [0.3, 0.4) is 0 Å². The van der Waals surface area contributed by atoms with Crippen molar-refractivity contribution >= 4 is 11.6 Å². The Morgan fingerprint density at radius 3 is 2.79 bits per heavy atom. The number of halogens is 1. The lowest BCUT2D eigenvalue weighted by molar-refractivity contribution is 0.118. The minimum absolute atomic E-state index is 0.643. The summed E-state index contributed by atoms with van der Waals surface area (Å²) in [5, 5.41) is 4.36. The summed E-state index contributed by atoms with van der Waals surface area (Å²) in [7, 11) is 0. The molecule has 0 spiro atoms. The predicted octanol–water partition coefficient (Wildman–Crippen LogP) is 4.02. The molecule has 1 aromatic rings. The van der Waals surface area contributed by atoms with E-state index in [1.165, 1.54) is 25.7 Å². The highest BCUT2D eigenvalue weighted by molar-refractivity contribution is 6.30. The molecule has 0 bridgehead atoms. The van der Waals surface area contributed by atoms with Crippen LogP contribution >= 0.6 is 11.6 Å². The van der Waals surface area contributed by atoms with E-state index in [0.717, 1.165) is 29.7 Å². The molecule has 0 aliphatic heterocycles. The highest BCUT2D eigenvalue weighted by Gasteiger charge is 2.16. The summed E-state index contributed by atoms with van der Waals surface area (Å²) >= 11 is 5.93. The van der Waals surface area contributed by atoms with Crippen molar-refractivity contribution in [3.05, 3.63) is 34.9 Å². The van der Waals surface area contributed by atoms with Crippen LogP contribution in [0, 0.1) is 5.92 Å². The number of rotatable bonds is 6. The van der Waals surface area contributed by atoms with E-state index in [2.05, 4.69) is 12.2 Å². The molecular weight excluding hydrogens is 258 g/mol. The Hall–Kier alpha value is -0.570. The molecule has 1 N–H and O–H groups in total. The summed E-state index contributed by atoms with van der Waals surface area (Å²) in [6.07, 6.45) is 5.35. The van der Waals surface area contributed by atoms with Gasteiger partial charge in [-0.3, -0.25) is 0 Å². The van der Waals surface area contributed by atoms with Gasteiger partial charge in [-0.1, -0.05) is 30.7 Å². The first-order valence-electron chi connectivity index (χ1n) is 7.29. The monoisotopic (exact) mass is 281 g/mol. The fraction of sp³-hybridized carbons (Fsp3) is 0.625. The second kappa shape index (κ2) is 7.88. The van der Waals surface area contributed by atoms with Gasteiger partial charge in [0.2, 0.25) is 0 Å². The molecule has 106 valence electrons. The molecule has 1 saturated carbocycles. The SMILES string of the molecule is CC1CCC(NCCOCc2cccc(Cl)c2)CC1. The molecule has 0 aromatic heterocycles. The third-order valence-electron chi connectivity index (χ3n) is 3.85. The minimum atomic E-state index is 0.643. The minimum Gasteiger partial charge on any atom is -0.375 e. The summed E-state index contributed by atoms with van der Waals surface area (Å²) in [4.78, 5) is 0. The first-order chi connectivity index (χ1) is 9.24. The van der Waals surface area contributed by atoms with Crippen molar-refractivity contribution in [2.45, 2.75) is 45.3 Å². The molecular formula is C16H24ClNO. The van der Waals surface area contributed by atoms with E-state index in [1.54, 1.807) is 0 Å². The van der Waals surface area contributed by atoms with Crippen LogP contribution in [0.4, 0.5) is 0 Å². The van der Waals surface area contributed by atoms with E-state index in [1.807, 2.05) is 24.3 Å². The fourth-order valence-corrected chi connectivity index (χ4v) is 2.83. The molecule has 0 heterocycles. The maximum atomic E-state index is 5.93. The van der Waals surface area contributed by atoms with Crippen LogP contribution in [-0.2, 0) is 11.3 Å². The molecule has 2 rings (SSSR count). The second-order valence-electron chi connectivity index (χ2n) is 5.59. The average Bonchev–Trinajstić information content (AvgIpc) is 2.41. The van der Waals surface area contributed by atoms with Gasteiger partial charge < -0.3 is 10.1 Å². The molecule has 0 unspecified atom stereocenters. The van der Waals surface area contributed by atoms with Crippen molar-refractivity contribution in [1.29, 1.82) is 0 Å². The zero-order valence-electron chi connectivity index (χ0n) is 11.7. The van der Waals surface area contributed by atoms with Crippen LogP contribution in [0.1, 0.15) is 38.2 Å². The molecule has 0 atom stereocenters. The second-order valence-corrected chi connectivity index (χ2v) is 6.03. The first kappa shape index (κ1) is 14.8. The molecule has 2 nitrogen and oxygen atoms in total. The first-order valence-corrected chi connectivity index (χ1v) is 7.67. The lowest BCUT2D eigenvalue weighted by Crippen LogP contribution is -2.34. The maximum Gasteiger partial charge on any atom is 0.0718 e. The number of ether oxygens (including phenoxy) is 1. The van der Waals surface area contributed by atoms with Crippen molar-refractivity contribution in [2.24, 2.45) is 5.92 Å². The van der Waals surface area contributed by atoms with Crippen molar-refractivity contribution in [2.75, 3.05) is 13.2 Å². The van der Waals surface area contributed by atoms with Crippen LogP contribution in [0.15, 0.2) is 24.3 Å². The van der Waals surface area contributed by atoms with Crippen molar-refractivity contribution < 1.29 is 4.74 Å². The summed E-state index contributed by atoms with van der Waals surface area (Å²) < 4.78 is 5.67. The molecule has 1 aliphatic carbocycles. The van der Waals surface area contributed by atoms with Crippen LogP contribution in [0.5, 0.6) is 0 Å². The summed E-state index contributed by atoms with van der Waals surface area (Å²) in [5.74, 6) is 0.914. The normalized spacial score (nSPS) is 23.5. The third-order valence-corrected chi connectivity index (χ3v) is 4.09. The fourth-order valence-electron chi connectivity index (χ4n) is 2.62. The summed E-state index contributed by atoms with van der Waals surface area (Å²) in [6.45, 7) is 4.70. The van der Waals surface area contributed by atoms with Gasteiger partial charge in [-0.15, -0.1) is 0 Å². The quantitative estimate of drug-likeness (QED) is 0.795. The number of hydrogen-bond donors (Lipinski definition) is 1. The van der Waals surface area contributed by atoms with Crippen LogP contribution in [-0.4, -0.2) is 19.2 Å². The molecule has 3 heteroatoms. The van der Waals surface area contributed by atoms with Gasteiger partial charge in [0.05, 0.1) is 13.2 Å². The zero-order chi connectivity index (χ0) is 13.5. The molecule has 1 aromatic carbocycles. The smallest absolute Gasteiger partial charge is 0.0718 e. The van der Waals surface area contributed by atoms with Gasteiger partial charge in [0.25, 0.3) is 0 Å². The molecule has 0 saturated heterocycles. The number of hydrogen-bond acceptors (Lipinski definition) is 2. The number of nitrogens with one attached hydrogen (secondary N) is 1. The van der Waals surface area contributed by atoms with Gasteiger partial charge in [0.1, 0.15) is 0 Å². The third kappa shape index (κ3) is 5.52. The Morgan fingerprint density at radius 1 is 1.26 bits per heavy atom. The Labute approximate surface area is 121 Å². The van der Waals surface area contributed by atoms with Crippen LogP contribution < -0.4 is 5.32 Å². The van der Waals surface area contributed by atoms with Gasteiger partial charge in [-0.25, -0.2) is 0 Å². The zero-order valence-corrected chi connectivity index (χ0v) is 12.5. The van der Waals surface area contributed by atoms with Gasteiger partial charge in [-0.2, -0.15) is 0 Å². The Kier molecular flexibility index (Phi) is 6.15. The highest BCUT2D eigenvalue weighted by Crippen LogP contribution is 2.23. The van der Waals surface area contributed by atoms with Crippen molar-refractivity contribution in [3.63, 3.8) is 0 Å². The maximum absolute atomic E-state index is 5.93. The predicted molar refractivity (Wildman–Crippen MR) is 80.5 cm³/mol. The molecule has 1 fully saturated rings. The van der Waals surface area contributed by atoms with Crippen molar-refractivity contribution in [3.8, 4) is 0 Å². The largest absolute Gasteiger partial charge is 0.375 e. The van der Waals surface area contributed by atoms with E-state index in [-0.39, 0.29) is 0 Å². The molecule has 0 radical (unpaired) electrons. The van der Waals surface area contributed by atoms with Crippen LogP contribution in [0.25, 0.3) is 0 Å². The lowest BCUT2D eigenvalue weighted by Gasteiger charge is -2.26. The van der Waals surface area contributed by atoms with Crippen molar-refractivity contribution in [1.82, 2.24) is 5.32 Å². The number of benzene rings is 1. The summed E-state index contributed by atoms with van der Waals surface area (Å²) in [5.41, 5.74) is 1.14. The van der Waals surface area contributed by atoms with E-state index in [9.17, 15) is 0 Å². The molecule has 0 amide bonds. The topological polar surface area (TPSA) is 21.3 Å². The van der Waals surface area contributed by atoms with E-state index < -0.39 is 0 Å². The average molecular weight is 282 g/mol. The lowest BCUT2D eigenvalue weighted by atomic mass is 9.87. The molecule has 19 heavy (non-hydrogen) atoms. The standard InChI is InChI=1S/C16H24ClNO/c1-13-5-7-16(8-6-13)18-9-10-19-12-14-3-2-4-15(17)11-14/h2-4,11,13,16,18H,5-10,12H2,1H3. The Bertz CT molecular complexity index is 375. The van der Waals surface area contributed by atoms with Gasteiger partial charge in [0, 0.05) is 17.6 Å². The van der Waals surface area contributed by atoms with Gasteiger partial charge in [0.15, 0.2) is 0 Å². The van der Waals surface area contributed by atoms with E-state index >= 15 is 0 Å². The Morgan fingerprint density at radius 2 is 2.05 bits per heavy atom. The van der Waals surface area contributed by atoms with E-state index in [0.29, 0.717) is 12.6 Å². The highest BCUT2D eigenvalue weighted by atomic mass is 35.5. The van der Waals surface area contributed by atoms with Crippen LogP contribution in [0.2, 0.25) is 5.02 Å². The Balaban J connectivity index is 1.55.